The summed E-state index contributed by atoms with van der Waals surface area (Å²) in [5.74, 6) is -2.69. The van der Waals surface area contributed by atoms with Gasteiger partial charge in [-0.2, -0.15) is 0 Å². The van der Waals surface area contributed by atoms with Gasteiger partial charge in [0, 0.05) is 11.1 Å². The second-order valence-electron chi connectivity index (χ2n) is 10.7. The van der Waals surface area contributed by atoms with Gasteiger partial charge in [0.25, 0.3) is 11.8 Å². The van der Waals surface area contributed by atoms with E-state index in [9.17, 15) is 49.8 Å². The topological polar surface area (TPSA) is 251 Å². The molecule has 2 aromatic rings. The quantitative estimate of drug-likeness (QED) is 0.124. The van der Waals surface area contributed by atoms with Gasteiger partial charge in [-0.3, -0.25) is 9.59 Å². The highest BCUT2D eigenvalue weighted by molar-refractivity contribution is 8.00. The minimum atomic E-state index is -1.65. The van der Waals surface area contributed by atoms with Crippen LogP contribution >= 0.6 is 11.8 Å². The lowest BCUT2D eigenvalue weighted by Gasteiger charge is -2.46. The monoisotopic (exact) mass is 680 g/mol. The molecule has 0 spiro atoms. The van der Waals surface area contributed by atoms with E-state index in [1.807, 2.05) is 0 Å². The van der Waals surface area contributed by atoms with Crippen LogP contribution in [0, 0.1) is 0 Å². The van der Waals surface area contributed by atoms with Gasteiger partial charge < -0.3 is 60.2 Å². The van der Waals surface area contributed by atoms with E-state index < -0.39 is 96.5 Å². The lowest BCUT2D eigenvalue weighted by atomic mass is 9.96. The molecule has 0 aliphatic carbocycles. The average Bonchev–Trinajstić information content (AvgIpc) is 3.09. The Morgan fingerprint density at radius 3 is 1.23 bits per heavy atom. The number of carbonyl (C=O) groups excluding carboxylic acids is 4. The summed E-state index contributed by atoms with van der Waals surface area (Å²) in [5.41, 5.74) is -2.15. The van der Waals surface area contributed by atoms with Crippen LogP contribution in [-0.2, 0) is 18.9 Å². The Labute approximate surface area is 272 Å². The van der Waals surface area contributed by atoms with Gasteiger partial charge in [0.1, 0.15) is 47.5 Å². The number of hydrogen-bond donors (Lipinski definition) is 8. The van der Waals surface area contributed by atoms with Crippen LogP contribution in [0.25, 0.3) is 0 Å². The first-order valence-corrected chi connectivity index (χ1v) is 15.3. The third-order valence-corrected chi connectivity index (χ3v) is 9.09. The molecule has 256 valence electrons. The second kappa shape index (κ2) is 16.0. The van der Waals surface area contributed by atoms with E-state index in [-0.39, 0.29) is 22.3 Å². The highest BCUT2D eigenvalue weighted by Gasteiger charge is 2.50. The molecule has 8 N–H and O–H groups in total. The molecule has 0 aromatic heterocycles. The summed E-state index contributed by atoms with van der Waals surface area (Å²) in [4.78, 5) is 49.4. The van der Waals surface area contributed by atoms with Gasteiger partial charge in [0.05, 0.1) is 50.6 Å². The molecule has 2 heterocycles. The Morgan fingerprint density at radius 1 is 0.617 bits per heavy atom. The van der Waals surface area contributed by atoms with Gasteiger partial charge in [-0.05, 0) is 48.5 Å². The molecular formula is C30H36N2O14S. The Kier molecular flexibility index (Phi) is 12.3. The van der Waals surface area contributed by atoms with E-state index in [4.69, 9.17) is 9.47 Å². The van der Waals surface area contributed by atoms with Crippen molar-refractivity contribution in [1.29, 1.82) is 0 Å². The SMILES string of the molecule is COC(=O)c1ccc(C(=O)NC2C(O)C(SC3O[C@@H](CO)[C@H](O)[C@H](NC(=O)c4ccc(C(=O)OC)cc4)[C@H]3O)O[C@H](CO)[C@@H]2O)cc1. The first kappa shape index (κ1) is 36.2. The number of esters is 2. The zero-order valence-electron chi connectivity index (χ0n) is 25.2. The maximum atomic E-state index is 13.0. The van der Waals surface area contributed by atoms with Crippen molar-refractivity contribution in [2.45, 2.75) is 59.6 Å². The van der Waals surface area contributed by atoms with Gasteiger partial charge in [-0.1, -0.05) is 11.8 Å². The molecule has 10 atom stereocenters. The number of amides is 2. The summed E-state index contributed by atoms with van der Waals surface area (Å²) in [6.07, 6.45) is -9.04. The Hall–Kier alpha value is -3.65. The number of methoxy groups -OCH3 is 2. The number of hydrogen-bond acceptors (Lipinski definition) is 15. The fraction of sp³-hybridized carbons (Fsp3) is 0.467. The Bertz CT molecular complexity index is 1300. The predicted octanol–water partition coefficient (Wildman–Crippen LogP) is -2.23. The maximum absolute atomic E-state index is 13.0. The van der Waals surface area contributed by atoms with Gasteiger partial charge in [-0.25, -0.2) is 9.59 Å². The molecule has 0 saturated carbocycles. The number of rotatable bonds is 10. The van der Waals surface area contributed by atoms with E-state index in [0.29, 0.717) is 11.8 Å². The van der Waals surface area contributed by atoms with Crippen LogP contribution in [0.15, 0.2) is 48.5 Å². The van der Waals surface area contributed by atoms with E-state index in [0.717, 1.165) is 0 Å². The Morgan fingerprint density at radius 2 is 0.936 bits per heavy atom. The Balaban J connectivity index is 1.49. The van der Waals surface area contributed by atoms with Crippen LogP contribution in [0.2, 0.25) is 0 Å². The van der Waals surface area contributed by atoms with Gasteiger partial charge in [-0.15, -0.1) is 0 Å². The number of aliphatic hydroxyl groups is 6. The third-order valence-electron chi connectivity index (χ3n) is 7.77. The molecule has 0 radical (unpaired) electrons. The molecule has 0 bridgehead atoms. The summed E-state index contributed by atoms with van der Waals surface area (Å²) in [6.45, 7) is -1.44. The van der Waals surface area contributed by atoms with Crippen molar-refractivity contribution >= 4 is 35.5 Å². The van der Waals surface area contributed by atoms with Crippen molar-refractivity contribution < 1.29 is 68.8 Å². The molecule has 2 aromatic carbocycles. The van der Waals surface area contributed by atoms with Crippen LogP contribution < -0.4 is 10.6 Å². The first-order valence-electron chi connectivity index (χ1n) is 14.3. The van der Waals surface area contributed by atoms with Crippen molar-refractivity contribution in [2.24, 2.45) is 0 Å². The minimum Gasteiger partial charge on any atom is -0.465 e. The summed E-state index contributed by atoms with van der Waals surface area (Å²) < 4.78 is 20.6. The molecule has 4 unspecified atom stereocenters. The average molecular weight is 681 g/mol. The number of carbonyl (C=O) groups is 4. The lowest BCUT2D eigenvalue weighted by molar-refractivity contribution is -0.175. The van der Waals surface area contributed by atoms with Crippen molar-refractivity contribution in [3.05, 3.63) is 70.8 Å². The van der Waals surface area contributed by atoms with Gasteiger partial charge in [0.15, 0.2) is 0 Å². The molecule has 17 heteroatoms. The predicted molar refractivity (Wildman–Crippen MR) is 161 cm³/mol. The van der Waals surface area contributed by atoms with Crippen molar-refractivity contribution in [2.75, 3.05) is 27.4 Å². The fourth-order valence-corrected chi connectivity index (χ4v) is 6.43. The highest BCUT2D eigenvalue weighted by Crippen LogP contribution is 2.37. The van der Waals surface area contributed by atoms with E-state index in [1.54, 1.807) is 0 Å². The molecule has 4 rings (SSSR count). The molecule has 16 nitrogen and oxygen atoms in total. The van der Waals surface area contributed by atoms with Crippen molar-refractivity contribution in [1.82, 2.24) is 10.6 Å². The molecular weight excluding hydrogens is 644 g/mol. The second-order valence-corrected chi connectivity index (χ2v) is 11.9. The van der Waals surface area contributed by atoms with E-state index in [2.05, 4.69) is 20.1 Å². The highest BCUT2D eigenvalue weighted by atomic mass is 32.2. The first-order chi connectivity index (χ1) is 22.4. The fourth-order valence-electron chi connectivity index (χ4n) is 5.09. The maximum Gasteiger partial charge on any atom is 0.337 e. The van der Waals surface area contributed by atoms with Crippen molar-refractivity contribution in [3.63, 3.8) is 0 Å². The number of aliphatic hydroxyl groups excluding tert-OH is 6. The number of nitrogens with one attached hydrogen (secondary N) is 2. The van der Waals surface area contributed by atoms with Gasteiger partial charge >= 0.3 is 11.9 Å². The summed E-state index contributed by atoms with van der Waals surface area (Å²) in [5, 5.41) is 68.7. The zero-order chi connectivity index (χ0) is 34.4. The van der Waals surface area contributed by atoms with E-state index in [1.165, 1.54) is 62.8 Å². The molecule has 2 aliphatic rings. The van der Waals surface area contributed by atoms with Crippen LogP contribution in [0.1, 0.15) is 41.4 Å². The molecule has 2 aliphatic heterocycles. The molecule has 2 fully saturated rings. The summed E-state index contributed by atoms with van der Waals surface area (Å²) in [6, 6.07) is 7.98. The molecule has 47 heavy (non-hydrogen) atoms. The summed E-state index contributed by atoms with van der Waals surface area (Å²) >= 11 is 0.674. The lowest BCUT2D eigenvalue weighted by Crippen LogP contribution is -2.66. The normalized spacial score (nSPS) is 30.6. The van der Waals surface area contributed by atoms with E-state index >= 15 is 0 Å². The minimum absolute atomic E-state index is 0.0811. The summed E-state index contributed by atoms with van der Waals surface area (Å²) in [7, 11) is 2.41. The smallest absolute Gasteiger partial charge is 0.337 e. The number of benzene rings is 2. The number of thioether (sulfide) groups is 1. The third kappa shape index (κ3) is 8.08. The van der Waals surface area contributed by atoms with Crippen LogP contribution in [0.3, 0.4) is 0 Å². The van der Waals surface area contributed by atoms with Crippen LogP contribution in [-0.4, -0.2) is 141 Å². The molecule has 2 saturated heterocycles. The number of ether oxygens (including phenoxy) is 4. The largest absolute Gasteiger partial charge is 0.465 e. The standard InChI is InChI=1S/C30H36N2O14S/c1-43-27(41)15-7-3-13(4-8-15)25(39)31-19-21(35)17(11-33)45-29(23(19)37)47-30-24(38)20(22(36)18(12-34)46-30)32-26(40)14-5-9-16(10-6-14)28(42)44-2/h3-10,17-24,29-30,33-38H,11-12H2,1-2H3,(H,31,39)(H,32,40)/t17-,18+,19-,20?,21-,22-,23+,24?,29?,30?/m0/s1. The van der Waals surface area contributed by atoms with Gasteiger partial charge in [0.2, 0.25) is 0 Å². The zero-order valence-corrected chi connectivity index (χ0v) is 26.0. The van der Waals surface area contributed by atoms with Crippen molar-refractivity contribution in [3.8, 4) is 0 Å². The van der Waals surface area contributed by atoms with Crippen LogP contribution in [0.4, 0.5) is 0 Å². The van der Waals surface area contributed by atoms with Crippen LogP contribution in [0.5, 0.6) is 0 Å². The molecule has 2 amide bonds.